The van der Waals surface area contributed by atoms with Gasteiger partial charge < -0.3 is 52.5 Å². The van der Waals surface area contributed by atoms with Crippen LogP contribution in [0.4, 0.5) is 0 Å². The van der Waals surface area contributed by atoms with Gasteiger partial charge in [0.15, 0.2) is 43.1 Å². The van der Waals surface area contributed by atoms with Crippen LogP contribution in [0.25, 0.3) is 0 Å². The van der Waals surface area contributed by atoms with Gasteiger partial charge in [-0.05, 0) is 0 Å². The van der Waals surface area contributed by atoms with Crippen LogP contribution in [0.1, 0.15) is 48.5 Å². The monoisotopic (exact) mass is 636 g/mol. The Labute approximate surface area is 251 Å². The summed E-state index contributed by atoms with van der Waals surface area (Å²) >= 11 is 0. The largest absolute Gasteiger partial charge is 0.463 e. The molecule has 44 heavy (non-hydrogen) atoms. The molecule has 0 aromatic heterocycles. The van der Waals surface area contributed by atoms with Crippen molar-refractivity contribution in [1.29, 1.82) is 0 Å². The number of aliphatic hydroxyl groups is 1. The molecule has 0 radical (unpaired) electrons. The quantitative estimate of drug-likeness (QED) is 0.203. The molecule has 0 amide bonds. The van der Waals surface area contributed by atoms with Gasteiger partial charge >= 0.3 is 41.8 Å². The summed E-state index contributed by atoms with van der Waals surface area (Å²) < 4.78 is 54.1. The maximum absolute atomic E-state index is 12.2. The van der Waals surface area contributed by atoms with Gasteiger partial charge in [0.2, 0.25) is 0 Å². The summed E-state index contributed by atoms with van der Waals surface area (Å²) in [5, 5.41) is 10.6. The number of esters is 7. The summed E-state index contributed by atoms with van der Waals surface area (Å²) in [6.07, 6.45) is -16.3. The van der Waals surface area contributed by atoms with Crippen LogP contribution in [-0.2, 0) is 80.9 Å². The van der Waals surface area contributed by atoms with Crippen molar-refractivity contribution in [3.05, 3.63) is 0 Å². The molecule has 2 aliphatic rings. The van der Waals surface area contributed by atoms with E-state index >= 15 is 0 Å². The summed E-state index contributed by atoms with van der Waals surface area (Å²) in [6, 6.07) is 0. The summed E-state index contributed by atoms with van der Waals surface area (Å²) in [6.45, 7) is 6.11. The van der Waals surface area contributed by atoms with E-state index in [4.69, 9.17) is 47.4 Å². The maximum Gasteiger partial charge on any atom is 0.303 e. The van der Waals surface area contributed by atoms with Gasteiger partial charge in [-0.2, -0.15) is 0 Å². The average molecular weight is 637 g/mol. The molecule has 0 aliphatic carbocycles. The Morgan fingerprint density at radius 1 is 0.477 bits per heavy atom. The van der Waals surface area contributed by atoms with Gasteiger partial charge in [0, 0.05) is 48.5 Å². The van der Waals surface area contributed by atoms with Gasteiger partial charge in [0.1, 0.15) is 31.5 Å². The van der Waals surface area contributed by atoms with Crippen LogP contribution < -0.4 is 0 Å². The third-order valence-corrected chi connectivity index (χ3v) is 5.90. The molecule has 2 fully saturated rings. The highest BCUT2D eigenvalue weighted by Crippen LogP contribution is 2.34. The highest BCUT2D eigenvalue weighted by molar-refractivity contribution is 5.69. The Hall–Kier alpha value is -3.87. The van der Waals surface area contributed by atoms with Crippen molar-refractivity contribution in [2.75, 3.05) is 13.2 Å². The third-order valence-electron chi connectivity index (χ3n) is 5.90. The molecule has 1 N–H and O–H groups in total. The zero-order chi connectivity index (χ0) is 33.3. The number of carbonyl (C=O) groups is 7. The van der Waals surface area contributed by atoms with E-state index in [1.165, 1.54) is 0 Å². The third kappa shape index (κ3) is 10.7. The average Bonchev–Trinajstić information content (AvgIpc) is 2.87. The molecule has 248 valence electrons. The Balaban J connectivity index is 2.66. The van der Waals surface area contributed by atoms with Crippen LogP contribution in [0.15, 0.2) is 0 Å². The lowest BCUT2D eigenvalue weighted by Crippen LogP contribution is -2.67. The van der Waals surface area contributed by atoms with Gasteiger partial charge in [-0.15, -0.1) is 0 Å². The predicted molar refractivity (Wildman–Crippen MR) is 135 cm³/mol. The van der Waals surface area contributed by atoms with Gasteiger partial charge in [-0.1, -0.05) is 0 Å². The number of carbonyl (C=O) groups excluding carboxylic acids is 7. The zero-order valence-corrected chi connectivity index (χ0v) is 25.1. The number of hydrogen-bond acceptors (Lipinski definition) is 18. The number of ether oxygens (including phenoxy) is 10. The van der Waals surface area contributed by atoms with E-state index in [1.807, 2.05) is 0 Å². The Morgan fingerprint density at radius 3 is 1.27 bits per heavy atom. The summed E-state index contributed by atoms with van der Waals surface area (Å²) in [5.41, 5.74) is 0. The normalized spacial score (nSPS) is 31.5. The summed E-state index contributed by atoms with van der Waals surface area (Å²) in [5.74, 6) is -6.03. The van der Waals surface area contributed by atoms with Crippen molar-refractivity contribution >= 4 is 41.8 Å². The highest BCUT2D eigenvalue weighted by atomic mass is 16.8. The molecule has 0 bridgehead atoms. The van der Waals surface area contributed by atoms with Crippen LogP contribution in [-0.4, -0.2) is 122 Å². The minimum absolute atomic E-state index is 0.572. The standard InChI is InChI=1S/C26H36O18/c1-10(27)35-8-17-20(21(38-13(4)30)23(25(34)42-17)40-15(6)32)44-26-24(41-16(7)33)22(39-14(5)31)19(37-12(3)29)18(43-26)9-36-11(2)28/h17-26,34H,8-9H2,1-7H3/t17-,18-,19-,20-,21+,22+,23-,24-,25+,26+/m1/s1. The van der Waals surface area contributed by atoms with E-state index in [0.29, 0.717) is 0 Å². The lowest BCUT2D eigenvalue weighted by Gasteiger charge is -2.48. The van der Waals surface area contributed by atoms with Crippen LogP contribution >= 0.6 is 0 Å². The highest BCUT2D eigenvalue weighted by Gasteiger charge is 2.57. The first kappa shape index (κ1) is 36.3. The van der Waals surface area contributed by atoms with Crippen LogP contribution in [0.3, 0.4) is 0 Å². The van der Waals surface area contributed by atoms with Crippen molar-refractivity contribution in [2.45, 2.75) is 110 Å². The fraction of sp³-hybridized carbons (Fsp3) is 0.731. The van der Waals surface area contributed by atoms with Gasteiger partial charge in [0.05, 0.1) is 0 Å². The van der Waals surface area contributed by atoms with E-state index in [-0.39, 0.29) is 0 Å². The molecule has 2 rings (SSSR count). The first-order chi connectivity index (χ1) is 20.5. The molecule has 0 unspecified atom stereocenters. The van der Waals surface area contributed by atoms with E-state index < -0.39 is 116 Å². The smallest absolute Gasteiger partial charge is 0.303 e. The molecule has 10 atom stereocenters. The predicted octanol–water partition coefficient (Wildman–Crippen LogP) is -1.40. The molecule has 2 heterocycles. The molecule has 0 aromatic carbocycles. The van der Waals surface area contributed by atoms with Crippen molar-refractivity contribution in [3.63, 3.8) is 0 Å². The van der Waals surface area contributed by atoms with Crippen LogP contribution in [0.5, 0.6) is 0 Å². The zero-order valence-electron chi connectivity index (χ0n) is 25.1. The molecule has 0 spiro atoms. The number of rotatable bonds is 11. The maximum atomic E-state index is 12.2. The second-order valence-corrected chi connectivity index (χ2v) is 9.68. The Bertz CT molecular complexity index is 1090. The molecule has 2 saturated heterocycles. The van der Waals surface area contributed by atoms with Gasteiger partial charge in [-0.3, -0.25) is 33.6 Å². The van der Waals surface area contributed by atoms with Gasteiger partial charge in [-0.25, -0.2) is 0 Å². The van der Waals surface area contributed by atoms with Crippen molar-refractivity contribution in [2.24, 2.45) is 0 Å². The SMILES string of the molecule is CC(=O)OC[C@H]1O[C@H](O)[C@H](OC(C)=O)[C@@H](OC(C)=O)[C@@H]1O[C@@H]1O[C@H](COC(C)=O)[C@@H](OC(C)=O)[C@H](OC(C)=O)[C@H]1OC(C)=O. The van der Waals surface area contributed by atoms with Crippen LogP contribution in [0.2, 0.25) is 0 Å². The second kappa shape index (κ2) is 16.3. The molecular weight excluding hydrogens is 600 g/mol. The van der Waals surface area contributed by atoms with Gasteiger partial charge in [0.25, 0.3) is 0 Å². The minimum atomic E-state index is -1.90. The fourth-order valence-electron chi connectivity index (χ4n) is 4.49. The molecule has 0 aromatic rings. The second-order valence-electron chi connectivity index (χ2n) is 9.68. The number of hydrogen-bond donors (Lipinski definition) is 1. The molecule has 0 saturated carbocycles. The lowest BCUT2D eigenvalue weighted by molar-refractivity contribution is -0.357. The first-order valence-corrected chi connectivity index (χ1v) is 13.3. The van der Waals surface area contributed by atoms with E-state index in [0.717, 1.165) is 48.5 Å². The molecule has 18 nitrogen and oxygen atoms in total. The first-order valence-electron chi connectivity index (χ1n) is 13.3. The van der Waals surface area contributed by atoms with E-state index in [1.54, 1.807) is 0 Å². The molecule has 2 aliphatic heterocycles. The minimum Gasteiger partial charge on any atom is -0.463 e. The molecule has 18 heteroatoms. The van der Waals surface area contributed by atoms with Crippen molar-refractivity contribution < 1.29 is 86.0 Å². The van der Waals surface area contributed by atoms with Crippen LogP contribution in [0, 0.1) is 0 Å². The summed E-state index contributed by atoms with van der Waals surface area (Å²) in [4.78, 5) is 83.5. The molecular formula is C26H36O18. The lowest BCUT2D eigenvalue weighted by atomic mass is 9.96. The van der Waals surface area contributed by atoms with E-state index in [2.05, 4.69) is 0 Å². The topological polar surface area (TPSA) is 232 Å². The Morgan fingerprint density at radius 2 is 0.841 bits per heavy atom. The fourth-order valence-corrected chi connectivity index (χ4v) is 4.49. The Kier molecular flexibility index (Phi) is 13.4. The van der Waals surface area contributed by atoms with E-state index in [9.17, 15) is 38.7 Å². The number of aliphatic hydroxyl groups excluding tert-OH is 1. The van der Waals surface area contributed by atoms with Crippen molar-refractivity contribution in [1.82, 2.24) is 0 Å². The van der Waals surface area contributed by atoms with Crippen molar-refractivity contribution in [3.8, 4) is 0 Å². The summed E-state index contributed by atoms with van der Waals surface area (Å²) in [7, 11) is 0.